The molecule has 0 aliphatic rings. The topological polar surface area (TPSA) is 55.1 Å². The standard InChI is InChI=1S/C13H8Br2F2N2O/c14-6-1-2-9(16)12(3-6)19-13(20)7-4-11(18)10(17)5-8(7)15/h1-5H,18H2,(H,19,20). The first-order valence-electron chi connectivity index (χ1n) is 5.39. The predicted molar refractivity (Wildman–Crippen MR) is 80.6 cm³/mol. The van der Waals surface area contributed by atoms with E-state index in [0.29, 0.717) is 4.47 Å². The van der Waals surface area contributed by atoms with Crippen LogP contribution in [0, 0.1) is 11.6 Å². The molecular weight excluding hydrogens is 398 g/mol. The van der Waals surface area contributed by atoms with E-state index in [4.69, 9.17) is 5.73 Å². The van der Waals surface area contributed by atoms with Crippen molar-refractivity contribution in [3.05, 3.63) is 56.5 Å². The Morgan fingerprint density at radius 3 is 2.50 bits per heavy atom. The van der Waals surface area contributed by atoms with Gasteiger partial charge in [-0.25, -0.2) is 8.78 Å². The first-order chi connectivity index (χ1) is 9.38. The summed E-state index contributed by atoms with van der Waals surface area (Å²) in [4.78, 5) is 12.1. The molecule has 0 aliphatic carbocycles. The smallest absolute Gasteiger partial charge is 0.256 e. The molecule has 0 fully saturated rings. The molecular formula is C13H8Br2F2N2O. The summed E-state index contributed by atoms with van der Waals surface area (Å²) in [5.74, 6) is -1.81. The fraction of sp³-hybridized carbons (Fsp3) is 0. The van der Waals surface area contributed by atoms with Gasteiger partial charge in [0.2, 0.25) is 0 Å². The van der Waals surface area contributed by atoms with Crippen molar-refractivity contribution in [2.45, 2.75) is 0 Å². The Kier molecular flexibility index (Phi) is 4.39. The molecule has 0 saturated carbocycles. The van der Waals surface area contributed by atoms with Gasteiger partial charge in [-0.3, -0.25) is 4.79 Å². The van der Waals surface area contributed by atoms with Crippen LogP contribution in [0.3, 0.4) is 0 Å². The Hall–Kier alpha value is -1.47. The third kappa shape index (κ3) is 3.16. The Morgan fingerprint density at radius 2 is 1.80 bits per heavy atom. The minimum atomic E-state index is -0.637. The summed E-state index contributed by atoms with van der Waals surface area (Å²) in [6.07, 6.45) is 0. The van der Waals surface area contributed by atoms with Gasteiger partial charge in [0.25, 0.3) is 5.91 Å². The molecule has 0 aromatic heterocycles. The van der Waals surface area contributed by atoms with Crippen LogP contribution in [0.5, 0.6) is 0 Å². The molecule has 2 rings (SSSR count). The lowest BCUT2D eigenvalue weighted by atomic mass is 10.1. The molecule has 0 aliphatic heterocycles. The lowest BCUT2D eigenvalue weighted by Crippen LogP contribution is -2.14. The van der Waals surface area contributed by atoms with Crippen molar-refractivity contribution >= 4 is 49.1 Å². The number of carbonyl (C=O) groups is 1. The molecule has 3 N–H and O–H groups in total. The van der Waals surface area contributed by atoms with Crippen molar-refractivity contribution < 1.29 is 13.6 Å². The summed E-state index contributed by atoms with van der Waals surface area (Å²) in [5, 5.41) is 2.40. The van der Waals surface area contributed by atoms with E-state index in [1.807, 2.05) is 0 Å². The molecule has 0 saturated heterocycles. The largest absolute Gasteiger partial charge is 0.396 e. The maximum Gasteiger partial charge on any atom is 0.256 e. The fourth-order valence-electron chi connectivity index (χ4n) is 1.52. The number of nitrogens with one attached hydrogen (secondary N) is 1. The maximum absolute atomic E-state index is 13.6. The van der Waals surface area contributed by atoms with Gasteiger partial charge in [0.05, 0.1) is 16.9 Å². The lowest BCUT2D eigenvalue weighted by molar-refractivity contribution is 0.102. The normalized spacial score (nSPS) is 10.4. The number of anilines is 2. The number of rotatable bonds is 2. The summed E-state index contributed by atoms with van der Waals surface area (Å²) in [5.41, 5.74) is 5.39. The second-order valence-corrected chi connectivity index (χ2v) is 5.70. The number of hydrogen-bond donors (Lipinski definition) is 2. The molecule has 104 valence electrons. The summed E-state index contributed by atoms with van der Waals surface area (Å²) in [6.45, 7) is 0. The second kappa shape index (κ2) is 5.88. The molecule has 0 heterocycles. The Bertz CT molecular complexity index is 692. The summed E-state index contributed by atoms with van der Waals surface area (Å²) < 4.78 is 27.6. The SMILES string of the molecule is Nc1cc(C(=O)Nc2cc(Br)ccc2F)c(Br)cc1F. The van der Waals surface area contributed by atoms with Gasteiger partial charge >= 0.3 is 0 Å². The van der Waals surface area contributed by atoms with E-state index in [0.717, 1.165) is 6.07 Å². The zero-order chi connectivity index (χ0) is 14.9. The van der Waals surface area contributed by atoms with Crippen LogP contribution >= 0.6 is 31.9 Å². The molecule has 0 unspecified atom stereocenters. The highest BCUT2D eigenvalue weighted by atomic mass is 79.9. The highest BCUT2D eigenvalue weighted by Gasteiger charge is 2.15. The molecule has 0 spiro atoms. The van der Waals surface area contributed by atoms with Crippen molar-refractivity contribution in [1.29, 1.82) is 0 Å². The first-order valence-corrected chi connectivity index (χ1v) is 6.98. The van der Waals surface area contributed by atoms with Crippen molar-refractivity contribution in [2.75, 3.05) is 11.1 Å². The highest BCUT2D eigenvalue weighted by Crippen LogP contribution is 2.25. The number of hydrogen-bond acceptors (Lipinski definition) is 2. The average Bonchev–Trinajstić information content (AvgIpc) is 2.38. The number of halogens is 4. The molecule has 2 aromatic rings. The minimum absolute atomic E-state index is 0.0131. The molecule has 0 atom stereocenters. The molecule has 7 heteroatoms. The molecule has 1 amide bonds. The maximum atomic E-state index is 13.6. The van der Waals surface area contributed by atoms with E-state index < -0.39 is 17.5 Å². The number of benzene rings is 2. The van der Waals surface area contributed by atoms with E-state index in [9.17, 15) is 13.6 Å². The number of amides is 1. The van der Waals surface area contributed by atoms with E-state index in [1.165, 1.54) is 24.3 Å². The van der Waals surface area contributed by atoms with E-state index in [-0.39, 0.29) is 21.4 Å². The van der Waals surface area contributed by atoms with Crippen molar-refractivity contribution in [2.24, 2.45) is 0 Å². The van der Waals surface area contributed by atoms with Crippen LogP contribution in [-0.2, 0) is 0 Å². The molecule has 0 radical (unpaired) electrons. The summed E-state index contributed by atoms with van der Waals surface area (Å²) >= 11 is 6.25. The van der Waals surface area contributed by atoms with Gasteiger partial charge < -0.3 is 11.1 Å². The van der Waals surface area contributed by atoms with Crippen molar-refractivity contribution in [3.8, 4) is 0 Å². The molecule has 2 aromatic carbocycles. The Labute approximate surface area is 130 Å². The van der Waals surface area contributed by atoms with Gasteiger partial charge in [-0.1, -0.05) is 15.9 Å². The van der Waals surface area contributed by atoms with E-state index in [2.05, 4.69) is 37.2 Å². The molecule has 0 bridgehead atoms. The van der Waals surface area contributed by atoms with Gasteiger partial charge in [-0.05, 0) is 46.3 Å². The van der Waals surface area contributed by atoms with Gasteiger partial charge in [0, 0.05) is 8.95 Å². The Balaban J connectivity index is 2.33. The quantitative estimate of drug-likeness (QED) is 0.731. The van der Waals surface area contributed by atoms with Gasteiger partial charge in [-0.15, -0.1) is 0 Å². The highest BCUT2D eigenvalue weighted by molar-refractivity contribution is 9.10. The van der Waals surface area contributed by atoms with Crippen LogP contribution in [0.25, 0.3) is 0 Å². The van der Waals surface area contributed by atoms with Crippen LogP contribution in [-0.4, -0.2) is 5.91 Å². The second-order valence-electron chi connectivity index (χ2n) is 3.93. The molecule has 20 heavy (non-hydrogen) atoms. The summed E-state index contributed by atoms with van der Waals surface area (Å²) in [6, 6.07) is 6.42. The number of carbonyl (C=O) groups excluding carboxylic acids is 1. The van der Waals surface area contributed by atoms with Crippen LogP contribution in [0.15, 0.2) is 39.3 Å². The van der Waals surface area contributed by atoms with Crippen LogP contribution in [0.1, 0.15) is 10.4 Å². The third-order valence-electron chi connectivity index (χ3n) is 2.51. The number of nitrogen functional groups attached to an aromatic ring is 1. The van der Waals surface area contributed by atoms with E-state index in [1.54, 1.807) is 0 Å². The zero-order valence-electron chi connectivity index (χ0n) is 9.88. The monoisotopic (exact) mass is 404 g/mol. The zero-order valence-corrected chi connectivity index (χ0v) is 13.1. The van der Waals surface area contributed by atoms with Crippen molar-refractivity contribution in [1.82, 2.24) is 0 Å². The van der Waals surface area contributed by atoms with Crippen LogP contribution < -0.4 is 11.1 Å². The predicted octanol–water partition coefficient (Wildman–Crippen LogP) is 4.32. The van der Waals surface area contributed by atoms with Gasteiger partial charge in [0.1, 0.15) is 11.6 Å². The van der Waals surface area contributed by atoms with Crippen molar-refractivity contribution in [3.63, 3.8) is 0 Å². The average molecular weight is 406 g/mol. The van der Waals surface area contributed by atoms with E-state index >= 15 is 0 Å². The summed E-state index contributed by atoms with van der Waals surface area (Å²) in [7, 11) is 0. The minimum Gasteiger partial charge on any atom is -0.396 e. The fourth-order valence-corrected chi connectivity index (χ4v) is 2.38. The van der Waals surface area contributed by atoms with Gasteiger partial charge in [-0.2, -0.15) is 0 Å². The molecule has 3 nitrogen and oxygen atoms in total. The number of nitrogens with two attached hydrogens (primary N) is 1. The Morgan fingerprint density at radius 1 is 1.10 bits per heavy atom. The first kappa shape index (κ1) is 14.9. The van der Waals surface area contributed by atoms with Gasteiger partial charge in [0.15, 0.2) is 0 Å². The van der Waals surface area contributed by atoms with Crippen LogP contribution in [0.2, 0.25) is 0 Å². The van der Waals surface area contributed by atoms with Crippen LogP contribution in [0.4, 0.5) is 20.2 Å². The lowest BCUT2D eigenvalue weighted by Gasteiger charge is -2.09. The third-order valence-corrected chi connectivity index (χ3v) is 3.66.